The maximum Gasteiger partial charge on any atom is 0.244 e. The number of hydrogen-bond donors (Lipinski definition) is 2. The standard InChI is InChI=1S/C39H36N4O3.ClH/c40-26-29-17-21-33(22-18-29)43-36-14-8-7-13-35(36)42(27-30-15-19-32(20-16-30)31-11-5-2-6-12-31)38(45)34(39(43)46)25-37(44)41-24-23-28-9-3-1-4-10-28;/h1-22,34H,23-27,40H2,(H,41,44);1H. The first-order chi connectivity index (χ1) is 22.5. The fraction of sp³-hybridized carbons (Fsp3) is 0.154. The zero-order valence-corrected chi connectivity index (χ0v) is 26.7. The van der Waals surface area contributed by atoms with Gasteiger partial charge in [-0.25, -0.2) is 0 Å². The SMILES string of the molecule is Cl.NCc1ccc(N2C(=O)C(CC(=O)NCCc3ccccc3)C(=O)N(Cc3ccc(-c4ccccc4)cc3)c3ccccc32)cc1. The number of para-hydroxylation sites is 2. The third-order valence-corrected chi connectivity index (χ3v) is 8.30. The van der Waals surface area contributed by atoms with E-state index in [9.17, 15) is 14.4 Å². The molecule has 0 aromatic heterocycles. The Morgan fingerprint density at radius 1 is 0.638 bits per heavy atom. The van der Waals surface area contributed by atoms with Gasteiger partial charge in [-0.05, 0) is 58.5 Å². The van der Waals surface area contributed by atoms with E-state index in [1.165, 1.54) is 0 Å². The molecule has 0 radical (unpaired) electrons. The van der Waals surface area contributed by atoms with Gasteiger partial charge in [0.2, 0.25) is 17.7 Å². The zero-order valence-electron chi connectivity index (χ0n) is 25.9. The van der Waals surface area contributed by atoms with Gasteiger partial charge in [0, 0.05) is 25.2 Å². The molecule has 0 fully saturated rings. The van der Waals surface area contributed by atoms with Crippen molar-refractivity contribution in [1.82, 2.24) is 5.32 Å². The Hall–Kier alpha value is -5.24. The van der Waals surface area contributed by atoms with E-state index < -0.39 is 17.7 Å². The van der Waals surface area contributed by atoms with Crippen LogP contribution >= 0.6 is 12.4 Å². The highest BCUT2D eigenvalue weighted by Gasteiger charge is 2.42. The van der Waals surface area contributed by atoms with Crippen molar-refractivity contribution >= 4 is 47.2 Å². The fourth-order valence-corrected chi connectivity index (χ4v) is 5.82. The summed E-state index contributed by atoms with van der Waals surface area (Å²) in [4.78, 5) is 45.3. The van der Waals surface area contributed by atoms with Crippen LogP contribution in [0, 0.1) is 5.92 Å². The minimum Gasteiger partial charge on any atom is -0.356 e. The molecule has 0 saturated carbocycles. The Labute approximate surface area is 281 Å². The molecule has 1 aliphatic heterocycles. The Morgan fingerprint density at radius 3 is 1.87 bits per heavy atom. The second kappa shape index (κ2) is 15.4. The number of rotatable bonds is 10. The molecule has 3 amide bonds. The van der Waals surface area contributed by atoms with Crippen LogP contribution in [-0.4, -0.2) is 24.3 Å². The van der Waals surface area contributed by atoms with Crippen molar-refractivity contribution in [3.63, 3.8) is 0 Å². The molecule has 0 saturated heterocycles. The molecule has 5 aromatic carbocycles. The molecule has 1 unspecified atom stereocenters. The second-order valence-electron chi connectivity index (χ2n) is 11.4. The topological polar surface area (TPSA) is 95.7 Å². The van der Waals surface area contributed by atoms with E-state index in [0.29, 0.717) is 36.6 Å². The molecule has 3 N–H and O–H groups in total. The number of benzene rings is 5. The molecule has 5 aromatic rings. The quantitative estimate of drug-likeness (QED) is 0.163. The predicted molar refractivity (Wildman–Crippen MR) is 190 cm³/mol. The molecule has 6 rings (SSSR count). The summed E-state index contributed by atoms with van der Waals surface area (Å²) in [6.45, 7) is 1.01. The highest BCUT2D eigenvalue weighted by Crippen LogP contribution is 2.40. The van der Waals surface area contributed by atoms with Crippen LogP contribution in [0.3, 0.4) is 0 Å². The lowest BCUT2D eigenvalue weighted by Gasteiger charge is -2.26. The summed E-state index contributed by atoms with van der Waals surface area (Å²) >= 11 is 0. The van der Waals surface area contributed by atoms with Crippen molar-refractivity contribution < 1.29 is 14.4 Å². The van der Waals surface area contributed by atoms with E-state index in [1.807, 2.05) is 121 Å². The number of halogens is 1. The summed E-state index contributed by atoms with van der Waals surface area (Å²) in [5.41, 5.74) is 12.7. The molecule has 7 nitrogen and oxygen atoms in total. The lowest BCUT2D eigenvalue weighted by atomic mass is 10.00. The summed E-state index contributed by atoms with van der Waals surface area (Å²) in [6.07, 6.45) is 0.385. The second-order valence-corrected chi connectivity index (χ2v) is 11.4. The minimum absolute atomic E-state index is 0. The first kappa shape index (κ1) is 33.1. The molecular formula is C39H37ClN4O3. The summed E-state index contributed by atoms with van der Waals surface area (Å²) in [6, 6.07) is 42.8. The number of nitrogens with zero attached hydrogens (tertiary/aromatic N) is 2. The van der Waals surface area contributed by atoms with Crippen molar-refractivity contribution in [3.8, 4) is 11.1 Å². The first-order valence-corrected chi connectivity index (χ1v) is 15.5. The van der Waals surface area contributed by atoms with Crippen LogP contribution in [0.15, 0.2) is 133 Å². The van der Waals surface area contributed by atoms with Gasteiger partial charge in [0.25, 0.3) is 0 Å². The van der Waals surface area contributed by atoms with Crippen molar-refractivity contribution in [3.05, 3.63) is 150 Å². The van der Waals surface area contributed by atoms with Crippen molar-refractivity contribution in [2.45, 2.75) is 25.9 Å². The van der Waals surface area contributed by atoms with Crippen LogP contribution in [0.4, 0.5) is 17.1 Å². The predicted octanol–water partition coefficient (Wildman–Crippen LogP) is 6.81. The zero-order chi connectivity index (χ0) is 31.9. The Kier molecular flexibility index (Phi) is 10.8. The van der Waals surface area contributed by atoms with Gasteiger partial charge in [-0.3, -0.25) is 19.3 Å². The van der Waals surface area contributed by atoms with E-state index in [4.69, 9.17) is 5.73 Å². The van der Waals surface area contributed by atoms with E-state index in [2.05, 4.69) is 17.4 Å². The molecule has 1 aliphatic rings. The third-order valence-electron chi connectivity index (χ3n) is 8.30. The van der Waals surface area contributed by atoms with Gasteiger partial charge in [0.05, 0.1) is 17.9 Å². The minimum atomic E-state index is -1.22. The van der Waals surface area contributed by atoms with Gasteiger partial charge >= 0.3 is 0 Å². The van der Waals surface area contributed by atoms with Crippen LogP contribution < -0.4 is 20.9 Å². The fourth-order valence-electron chi connectivity index (χ4n) is 5.82. The average Bonchev–Trinajstić information content (AvgIpc) is 3.18. The number of carbonyl (C=O) groups excluding carboxylic acids is 3. The number of nitrogens with two attached hydrogens (primary N) is 1. The number of hydrogen-bond acceptors (Lipinski definition) is 4. The number of amides is 3. The van der Waals surface area contributed by atoms with Crippen LogP contribution in [-0.2, 0) is 33.9 Å². The molecule has 238 valence electrons. The largest absolute Gasteiger partial charge is 0.356 e. The average molecular weight is 645 g/mol. The first-order valence-electron chi connectivity index (χ1n) is 15.5. The maximum absolute atomic E-state index is 14.4. The lowest BCUT2D eigenvalue weighted by Crippen LogP contribution is -2.43. The highest BCUT2D eigenvalue weighted by molar-refractivity contribution is 6.21. The van der Waals surface area contributed by atoms with E-state index >= 15 is 0 Å². The molecule has 47 heavy (non-hydrogen) atoms. The maximum atomic E-state index is 14.4. The van der Waals surface area contributed by atoms with E-state index in [0.717, 1.165) is 27.8 Å². The number of anilines is 3. The number of nitrogens with one attached hydrogen (secondary N) is 1. The summed E-state index contributed by atoms with van der Waals surface area (Å²) in [5, 5.41) is 2.92. The van der Waals surface area contributed by atoms with Gasteiger partial charge in [-0.2, -0.15) is 0 Å². The van der Waals surface area contributed by atoms with Crippen LogP contribution in [0.5, 0.6) is 0 Å². The Bertz CT molecular complexity index is 1810. The molecular weight excluding hydrogens is 608 g/mol. The molecule has 1 heterocycles. The van der Waals surface area contributed by atoms with Crippen LogP contribution in [0.2, 0.25) is 0 Å². The van der Waals surface area contributed by atoms with Gasteiger partial charge in [0.15, 0.2) is 0 Å². The smallest absolute Gasteiger partial charge is 0.244 e. The molecule has 1 atom stereocenters. The van der Waals surface area contributed by atoms with Crippen molar-refractivity contribution in [2.24, 2.45) is 11.7 Å². The van der Waals surface area contributed by atoms with Crippen molar-refractivity contribution in [1.29, 1.82) is 0 Å². The highest BCUT2D eigenvalue weighted by atomic mass is 35.5. The molecule has 8 heteroatoms. The molecule has 0 bridgehead atoms. The van der Waals surface area contributed by atoms with Crippen molar-refractivity contribution in [2.75, 3.05) is 16.3 Å². The normalized spacial score (nSPS) is 14.2. The summed E-state index contributed by atoms with van der Waals surface area (Å²) in [7, 11) is 0. The Balaban J connectivity index is 0.00000433. The van der Waals surface area contributed by atoms with E-state index in [-0.39, 0.29) is 31.3 Å². The van der Waals surface area contributed by atoms with Gasteiger partial charge < -0.3 is 16.0 Å². The van der Waals surface area contributed by atoms with Crippen LogP contribution in [0.25, 0.3) is 11.1 Å². The monoisotopic (exact) mass is 644 g/mol. The van der Waals surface area contributed by atoms with Crippen LogP contribution in [0.1, 0.15) is 23.1 Å². The summed E-state index contributed by atoms with van der Waals surface area (Å²) in [5.74, 6) is -2.43. The summed E-state index contributed by atoms with van der Waals surface area (Å²) < 4.78 is 0. The third kappa shape index (κ3) is 7.60. The lowest BCUT2D eigenvalue weighted by molar-refractivity contribution is -0.136. The van der Waals surface area contributed by atoms with E-state index in [1.54, 1.807) is 9.80 Å². The van der Waals surface area contributed by atoms with Gasteiger partial charge in [-0.1, -0.05) is 109 Å². The number of fused-ring (bicyclic) bond motifs is 1. The number of carbonyl (C=O) groups is 3. The Morgan fingerprint density at radius 2 is 1.21 bits per heavy atom. The van der Waals surface area contributed by atoms with Gasteiger partial charge in [-0.15, -0.1) is 12.4 Å². The molecule has 0 spiro atoms. The van der Waals surface area contributed by atoms with Gasteiger partial charge in [0.1, 0.15) is 5.92 Å². The molecule has 0 aliphatic carbocycles.